The van der Waals surface area contributed by atoms with Gasteiger partial charge in [-0.25, -0.2) is 0 Å². The zero-order valence-electron chi connectivity index (χ0n) is 16.0. The van der Waals surface area contributed by atoms with Crippen LogP contribution >= 0.6 is 11.6 Å². The Bertz CT molecular complexity index is 1220. The van der Waals surface area contributed by atoms with E-state index in [1.54, 1.807) is 29.2 Å². The van der Waals surface area contributed by atoms with E-state index in [1.165, 1.54) is 6.07 Å². The van der Waals surface area contributed by atoms with Crippen LogP contribution in [0.4, 0.5) is 5.69 Å². The van der Waals surface area contributed by atoms with E-state index < -0.39 is 0 Å². The maximum absolute atomic E-state index is 13.1. The van der Waals surface area contributed by atoms with Crippen molar-refractivity contribution in [1.82, 2.24) is 4.98 Å². The van der Waals surface area contributed by atoms with Gasteiger partial charge in [0.2, 0.25) is 5.56 Å². The molecule has 4 aromatic rings. The molecule has 3 aromatic carbocycles. The highest BCUT2D eigenvalue weighted by Crippen LogP contribution is 2.22. The minimum absolute atomic E-state index is 0.141. The second-order valence-electron chi connectivity index (χ2n) is 6.76. The van der Waals surface area contributed by atoms with Gasteiger partial charge in [-0.15, -0.1) is 0 Å². The molecule has 0 saturated carbocycles. The summed E-state index contributed by atoms with van der Waals surface area (Å²) >= 11 is 5.90. The van der Waals surface area contributed by atoms with Crippen molar-refractivity contribution in [2.45, 2.75) is 6.54 Å². The highest BCUT2D eigenvalue weighted by atomic mass is 35.5. The van der Waals surface area contributed by atoms with Gasteiger partial charge in [0.05, 0.1) is 6.54 Å². The molecule has 1 amide bonds. The van der Waals surface area contributed by atoms with Crippen LogP contribution < -0.4 is 15.2 Å². The molecule has 0 radical (unpaired) electrons. The lowest BCUT2D eigenvalue weighted by molar-refractivity contribution is -0.120. The van der Waals surface area contributed by atoms with Crippen molar-refractivity contribution in [1.29, 1.82) is 0 Å². The van der Waals surface area contributed by atoms with Gasteiger partial charge in [0.1, 0.15) is 5.75 Å². The van der Waals surface area contributed by atoms with Gasteiger partial charge in [-0.3, -0.25) is 9.59 Å². The Labute approximate surface area is 178 Å². The van der Waals surface area contributed by atoms with Crippen LogP contribution in [0.2, 0.25) is 5.02 Å². The second-order valence-corrected chi connectivity index (χ2v) is 7.20. The molecule has 0 fully saturated rings. The number of hydrogen-bond acceptors (Lipinski definition) is 3. The van der Waals surface area contributed by atoms with Gasteiger partial charge in [-0.1, -0.05) is 48.0 Å². The maximum atomic E-state index is 13.1. The summed E-state index contributed by atoms with van der Waals surface area (Å²) < 4.78 is 5.66. The number of anilines is 1. The minimum Gasteiger partial charge on any atom is -0.484 e. The summed E-state index contributed by atoms with van der Waals surface area (Å²) in [6.45, 7) is 0.106. The van der Waals surface area contributed by atoms with Crippen molar-refractivity contribution >= 4 is 34.1 Å². The molecule has 0 unspecified atom stereocenters. The summed E-state index contributed by atoms with van der Waals surface area (Å²) in [6.07, 6.45) is 0. The van der Waals surface area contributed by atoms with Crippen LogP contribution in [0.3, 0.4) is 0 Å². The number of aromatic nitrogens is 1. The lowest BCUT2D eigenvalue weighted by atomic mass is 10.1. The average Bonchev–Trinajstić information content (AvgIpc) is 2.77. The number of fused-ring (bicyclic) bond motifs is 1. The van der Waals surface area contributed by atoms with Crippen LogP contribution in [-0.2, 0) is 11.3 Å². The van der Waals surface area contributed by atoms with Crippen LogP contribution in [0.1, 0.15) is 5.56 Å². The molecular weight excluding hydrogens is 400 g/mol. The average molecular weight is 419 g/mol. The van der Waals surface area contributed by atoms with Crippen molar-refractivity contribution in [3.05, 3.63) is 106 Å². The van der Waals surface area contributed by atoms with Crippen molar-refractivity contribution in [2.24, 2.45) is 0 Å². The van der Waals surface area contributed by atoms with Gasteiger partial charge in [-0.05, 0) is 48.0 Å². The molecule has 4 rings (SSSR count). The molecule has 1 aromatic heterocycles. The van der Waals surface area contributed by atoms with Crippen LogP contribution in [0.25, 0.3) is 10.9 Å². The van der Waals surface area contributed by atoms with Crippen LogP contribution in [-0.4, -0.2) is 17.5 Å². The lowest BCUT2D eigenvalue weighted by Gasteiger charge is -2.24. The molecule has 0 spiro atoms. The fourth-order valence-corrected chi connectivity index (χ4v) is 3.39. The Morgan fingerprint density at radius 2 is 1.63 bits per heavy atom. The first kappa shape index (κ1) is 19.7. The topological polar surface area (TPSA) is 62.4 Å². The first-order chi connectivity index (χ1) is 14.6. The SMILES string of the molecule is O=C(COc1ccc(Cl)cc1)N(Cc1cc(=O)[nH]c2ccccc12)c1ccccc1. The summed E-state index contributed by atoms with van der Waals surface area (Å²) in [7, 11) is 0. The van der Waals surface area contributed by atoms with Crippen molar-refractivity contribution < 1.29 is 9.53 Å². The van der Waals surface area contributed by atoms with E-state index in [-0.39, 0.29) is 24.6 Å². The second kappa shape index (κ2) is 8.84. The number of benzene rings is 3. The fraction of sp³-hybridized carbons (Fsp3) is 0.0833. The van der Waals surface area contributed by atoms with Crippen molar-refractivity contribution in [3.63, 3.8) is 0 Å². The molecule has 0 aliphatic heterocycles. The Balaban J connectivity index is 1.63. The van der Waals surface area contributed by atoms with Crippen LogP contribution in [0, 0.1) is 0 Å². The lowest BCUT2D eigenvalue weighted by Crippen LogP contribution is -2.35. The van der Waals surface area contributed by atoms with E-state index in [0.717, 1.165) is 22.2 Å². The van der Waals surface area contributed by atoms with Gasteiger partial charge < -0.3 is 14.6 Å². The number of nitrogens with one attached hydrogen (secondary N) is 1. The van der Waals surface area contributed by atoms with Crippen LogP contribution in [0.15, 0.2) is 89.7 Å². The third-order valence-corrected chi connectivity index (χ3v) is 4.96. The standard InChI is InChI=1S/C24H19ClN2O3/c25-18-10-12-20(13-11-18)30-16-24(29)27(19-6-2-1-3-7-19)15-17-14-23(28)26-22-9-5-4-8-21(17)22/h1-14H,15-16H2,(H,26,28). The van der Waals surface area contributed by atoms with Crippen molar-refractivity contribution in [3.8, 4) is 5.75 Å². The molecule has 6 heteroatoms. The predicted molar refractivity (Wildman–Crippen MR) is 119 cm³/mol. The molecule has 150 valence electrons. The number of carbonyl (C=O) groups excluding carboxylic acids is 1. The number of para-hydroxylation sites is 2. The van der Waals surface area contributed by atoms with Gasteiger partial charge in [0.15, 0.2) is 6.61 Å². The van der Waals surface area contributed by atoms with Crippen LogP contribution in [0.5, 0.6) is 5.75 Å². The molecular formula is C24H19ClN2O3. The highest BCUT2D eigenvalue weighted by Gasteiger charge is 2.18. The Morgan fingerprint density at radius 3 is 2.40 bits per heavy atom. The summed E-state index contributed by atoms with van der Waals surface area (Å²) in [5.41, 5.74) is 2.02. The zero-order valence-corrected chi connectivity index (χ0v) is 16.8. The largest absolute Gasteiger partial charge is 0.484 e. The molecule has 1 heterocycles. The van der Waals surface area contributed by atoms with E-state index in [9.17, 15) is 9.59 Å². The Morgan fingerprint density at radius 1 is 0.933 bits per heavy atom. The number of aromatic amines is 1. The fourth-order valence-electron chi connectivity index (χ4n) is 3.26. The third-order valence-electron chi connectivity index (χ3n) is 4.71. The molecule has 0 aliphatic carbocycles. The van der Waals surface area contributed by atoms with E-state index in [1.807, 2.05) is 54.6 Å². The van der Waals surface area contributed by atoms with E-state index >= 15 is 0 Å². The molecule has 0 saturated heterocycles. The number of carbonyl (C=O) groups is 1. The van der Waals surface area contributed by atoms with Gasteiger partial charge in [0, 0.05) is 27.7 Å². The Hall–Kier alpha value is -3.57. The van der Waals surface area contributed by atoms with Gasteiger partial charge >= 0.3 is 0 Å². The number of ether oxygens (including phenoxy) is 1. The molecule has 5 nitrogen and oxygen atoms in total. The maximum Gasteiger partial charge on any atom is 0.265 e. The third kappa shape index (κ3) is 4.53. The number of nitrogens with zero attached hydrogens (tertiary/aromatic N) is 1. The number of H-pyrrole nitrogens is 1. The summed E-state index contributed by atoms with van der Waals surface area (Å²) in [6, 6.07) is 25.3. The van der Waals surface area contributed by atoms with Crippen molar-refractivity contribution in [2.75, 3.05) is 11.5 Å². The number of rotatable bonds is 6. The first-order valence-electron chi connectivity index (χ1n) is 9.45. The summed E-state index contributed by atoms with van der Waals surface area (Å²) in [5.74, 6) is 0.336. The quantitative estimate of drug-likeness (QED) is 0.489. The summed E-state index contributed by atoms with van der Waals surface area (Å²) in [5, 5.41) is 1.49. The summed E-state index contributed by atoms with van der Waals surface area (Å²) in [4.78, 5) is 29.7. The molecule has 0 bridgehead atoms. The predicted octanol–water partition coefficient (Wildman–Crippen LogP) is 4.79. The molecule has 0 aliphatic rings. The number of halogens is 1. The Kier molecular flexibility index (Phi) is 5.82. The minimum atomic E-state index is -0.222. The number of pyridine rings is 1. The first-order valence-corrected chi connectivity index (χ1v) is 9.83. The van der Waals surface area contributed by atoms with E-state index in [0.29, 0.717) is 10.8 Å². The molecule has 0 atom stereocenters. The number of hydrogen-bond donors (Lipinski definition) is 1. The number of amides is 1. The van der Waals surface area contributed by atoms with Gasteiger partial charge in [0.25, 0.3) is 5.91 Å². The normalized spacial score (nSPS) is 10.7. The smallest absolute Gasteiger partial charge is 0.265 e. The van der Waals surface area contributed by atoms with Gasteiger partial charge in [-0.2, -0.15) is 0 Å². The van der Waals surface area contributed by atoms with E-state index in [2.05, 4.69) is 4.98 Å². The van der Waals surface area contributed by atoms with E-state index in [4.69, 9.17) is 16.3 Å². The monoisotopic (exact) mass is 418 g/mol. The molecule has 1 N–H and O–H groups in total. The molecule has 30 heavy (non-hydrogen) atoms. The zero-order chi connectivity index (χ0) is 20.9. The highest BCUT2D eigenvalue weighted by molar-refractivity contribution is 6.30.